The smallest absolute Gasteiger partial charge is 0.274 e. The number of carbonyl (C=O) groups excluding carboxylic acids is 1. The lowest BCUT2D eigenvalue weighted by Gasteiger charge is -2.07. The van der Waals surface area contributed by atoms with Crippen LogP contribution >= 0.6 is 0 Å². The zero-order chi connectivity index (χ0) is 17.6. The van der Waals surface area contributed by atoms with Gasteiger partial charge in [0.05, 0.1) is 6.61 Å². The Balaban J connectivity index is 1.68. The van der Waals surface area contributed by atoms with Crippen molar-refractivity contribution in [3.05, 3.63) is 54.0 Å². The molecule has 1 aromatic carbocycles. The van der Waals surface area contributed by atoms with Crippen molar-refractivity contribution in [2.75, 3.05) is 17.2 Å². The topological polar surface area (TPSA) is 102 Å². The molecule has 0 aliphatic heterocycles. The molecule has 0 saturated carbocycles. The predicted molar refractivity (Wildman–Crippen MR) is 92.1 cm³/mol. The zero-order valence-electron chi connectivity index (χ0n) is 13.8. The van der Waals surface area contributed by atoms with Crippen molar-refractivity contribution in [2.45, 2.75) is 13.8 Å². The van der Waals surface area contributed by atoms with Gasteiger partial charge in [0, 0.05) is 18.0 Å². The second-order valence-corrected chi connectivity index (χ2v) is 5.12. The number of rotatable bonds is 6. The van der Waals surface area contributed by atoms with Crippen molar-refractivity contribution in [1.82, 2.24) is 15.1 Å². The van der Waals surface area contributed by atoms with Gasteiger partial charge >= 0.3 is 0 Å². The number of benzene rings is 1. The van der Waals surface area contributed by atoms with E-state index < -0.39 is 0 Å². The quantitative estimate of drug-likeness (QED) is 0.711. The molecule has 0 atom stereocenters. The summed E-state index contributed by atoms with van der Waals surface area (Å²) in [4.78, 5) is 20.6. The minimum absolute atomic E-state index is 0.228. The highest BCUT2D eigenvalue weighted by molar-refractivity contribution is 6.03. The average Bonchev–Trinajstić information content (AvgIpc) is 3.02. The minimum atomic E-state index is -0.342. The van der Waals surface area contributed by atoms with Crippen molar-refractivity contribution < 1.29 is 14.1 Å². The Kier molecular flexibility index (Phi) is 4.89. The first-order chi connectivity index (χ1) is 12.1. The fraction of sp³-hybridized carbons (Fsp3) is 0.176. The monoisotopic (exact) mass is 339 g/mol. The Morgan fingerprint density at radius 2 is 2.04 bits per heavy atom. The molecule has 128 valence electrons. The van der Waals surface area contributed by atoms with Gasteiger partial charge in [-0.25, -0.2) is 9.97 Å². The Bertz CT molecular complexity index is 861. The average molecular weight is 339 g/mol. The molecule has 0 aliphatic rings. The summed E-state index contributed by atoms with van der Waals surface area (Å²) in [5, 5.41) is 9.46. The molecule has 0 saturated heterocycles. The number of hydrogen-bond donors (Lipinski definition) is 2. The Morgan fingerprint density at radius 1 is 1.24 bits per heavy atom. The van der Waals surface area contributed by atoms with Crippen LogP contribution in [0.25, 0.3) is 0 Å². The summed E-state index contributed by atoms with van der Waals surface area (Å²) in [5.74, 6) is 1.80. The van der Waals surface area contributed by atoms with E-state index >= 15 is 0 Å². The van der Waals surface area contributed by atoms with Crippen LogP contribution in [0.5, 0.6) is 5.75 Å². The largest absolute Gasteiger partial charge is 0.494 e. The molecular weight excluding hydrogens is 322 g/mol. The standard InChI is InChI=1S/C17H17N5O3/c1-3-24-13-6-4-12(5-7-13)19-16(23)14-8-9-18-17(20-14)21-15-10-11(2)25-22-15/h4-10H,3H2,1-2H3,(H,19,23)(H,18,20,21,22). The maximum atomic E-state index is 12.3. The molecule has 0 fully saturated rings. The van der Waals surface area contributed by atoms with Gasteiger partial charge in [0.2, 0.25) is 5.95 Å². The normalized spacial score (nSPS) is 10.3. The van der Waals surface area contributed by atoms with Crippen LogP contribution in [0.2, 0.25) is 0 Å². The molecule has 0 aliphatic carbocycles. The van der Waals surface area contributed by atoms with E-state index in [0.717, 1.165) is 5.75 Å². The first-order valence-corrected chi connectivity index (χ1v) is 7.71. The van der Waals surface area contributed by atoms with Crippen molar-refractivity contribution in [3.8, 4) is 5.75 Å². The Labute approximate surface area is 144 Å². The number of aromatic nitrogens is 3. The van der Waals surface area contributed by atoms with Crippen LogP contribution in [-0.2, 0) is 0 Å². The third-order valence-electron chi connectivity index (χ3n) is 3.18. The van der Waals surface area contributed by atoms with Crippen LogP contribution in [0.4, 0.5) is 17.5 Å². The third-order valence-corrected chi connectivity index (χ3v) is 3.18. The van der Waals surface area contributed by atoms with E-state index in [9.17, 15) is 4.79 Å². The number of amides is 1. The lowest BCUT2D eigenvalue weighted by atomic mass is 10.3. The molecule has 8 heteroatoms. The summed E-state index contributed by atoms with van der Waals surface area (Å²) < 4.78 is 10.3. The van der Waals surface area contributed by atoms with E-state index in [-0.39, 0.29) is 17.5 Å². The second-order valence-electron chi connectivity index (χ2n) is 5.12. The predicted octanol–water partition coefficient (Wildman–Crippen LogP) is 3.17. The minimum Gasteiger partial charge on any atom is -0.494 e. The van der Waals surface area contributed by atoms with Crippen LogP contribution in [0, 0.1) is 6.92 Å². The molecule has 0 radical (unpaired) electrons. The van der Waals surface area contributed by atoms with Gasteiger partial charge in [-0.05, 0) is 44.2 Å². The SMILES string of the molecule is CCOc1ccc(NC(=O)c2ccnc(Nc3cc(C)on3)n2)cc1. The maximum absolute atomic E-state index is 12.3. The first kappa shape index (κ1) is 16.4. The van der Waals surface area contributed by atoms with Crippen LogP contribution in [0.3, 0.4) is 0 Å². The van der Waals surface area contributed by atoms with Gasteiger partial charge in [-0.2, -0.15) is 0 Å². The van der Waals surface area contributed by atoms with Gasteiger partial charge < -0.3 is 19.9 Å². The van der Waals surface area contributed by atoms with E-state index in [1.165, 1.54) is 12.3 Å². The Hall–Kier alpha value is -3.42. The summed E-state index contributed by atoms with van der Waals surface area (Å²) in [6, 6.07) is 10.3. The van der Waals surface area contributed by atoms with E-state index in [1.807, 2.05) is 6.92 Å². The molecule has 0 spiro atoms. The number of carbonyl (C=O) groups is 1. The van der Waals surface area contributed by atoms with Gasteiger partial charge in [0.1, 0.15) is 17.2 Å². The maximum Gasteiger partial charge on any atom is 0.274 e. The summed E-state index contributed by atoms with van der Waals surface area (Å²) in [6.45, 7) is 4.28. The lowest BCUT2D eigenvalue weighted by Crippen LogP contribution is -2.14. The summed E-state index contributed by atoms with van der Waals surface area (Å²) in [5.41, 5.74) is 0.875. The molecule has 3 rings (SSSR count). The third kappa shape index (κ3) is 4.31. The van der Waals surface area contributed by atoms with Crippen molar-refractivity contribution in [1.29, 1.82) is 0 Å². The number of nitrogens with one attached hydrogen (secondary N) is 2. The van der Waals surface area contributed by atoms with Gasteiger partial charge in [0.15, 0.2) is 5.82 Å². The highest BCUT2D eigenvalue weighted by Crippen LogP contribution is 2.17. The van der Waals surface area contributed by atoms with E-state index in [2.05, 4.69) is 25.8 Å². The molecule has 1 amide bonds. The fourth-order valence-electron chi connectivity index (χ4n) is 2.08. The highest BCUT2D eigenvalue weighted by Gasteiger charge is 2.10. The molecule has 0 bridgehead atoms. The van der Waals surface area contributed by atoms with Crippen LogP contribution in [0.15, 0.2) is 47.1 Å². The fourth-order valence-corrected chi connectivity index (χ4v) is 2.08. The molecule has 25 heavy (non-hydrogen) atoms. The number of hydrogen-bond acceptors (Lipinski definition) is 7. The van der Waals surface area contributed by atoms with Gasteiger partial charge in [-0.15, -0.1) is 0 Å². The van der Waals surface area contributed by atoms with Crippen molar-refractivity contribution in [3.63, 3.8) is 0 Å². The summed E-state index contributed by atoms with van der Waals surface area (Å²) in [7, 11) is 0. The lowest BCUT2D eigenvalue weighted by molar-refractivity contribution is 0.102. The number of anilines is 3. The summed E-state index contributed by atoms with van der Waals surface area (Å²) >= 11 is 0. The zero-order valence-corrected chi connectivity index (χ0v) is 13.8. The molecule has 2 heterocycles. The highest BCUT2D eigenvalue weighted by atomic mass is 16.5. The van der Waals surface area contributed by atoms with Gasteiger partial charge in [-0.3, -0.25) is 4.79 Å². The van der Waals surface area contributed by atoms with E-state index in [1.54, 1.807) is 37.3 Å². The van der Waals surface area contributed by atoms with Crippen molar-refractivity contribution in [2.24, 2.45) is 0 Å². The Morgan fingerprint density at radius 3 is 2.72 bits per heavy atom. The first-order valence-electron chi connectivity index (χ1n) is 7.71. The molecular formula is C17H17N5O3. The van der Waals surface area contributed by atoms with Crippen LogP contribution < -0.4 is 15.4 Å². The van der Waals surface area contributed by atoms with E-state index in [4.69, 9.17) is 9.26 Å². The summed E-state index contributed by atoms with van der Waals surface area (Å²) in [6.07, 6.45) is 1.50. The number of nitrogens with zero attached hydrogens (tertiary/aromatic N) is 3. The molecule has 3 aromatic rings. The number of ether oxygens (including phenoxy) is 1. The van der Waals surface area contributed by atoms with Crippen molar-refractivity contribution >= 4 is 23.4 Å². The second kappa shape index (κ2) is 7.43. The van der Waals surface area contributed by atoms with Gasteiger partial charge in [-0.1, -0.05) is 5.16 Å². The van der Waals surface area contributed by atoms with E-state index in [0.29, 0.717) is 23.9 Å². The van der Waals surface area contributed by atoms with Gasteiger partial charge in [0.25, 0.3) is 5.91 Å². The molecule has 8 nitrogen and oxygen atoms in total. The number of aryl methyl sites for hydroxylation is 1. The molecule has 0 unspecified atom stereocenters. The molecule has 2 aromatic heterocycles. The molecule has 2 N–H and O–H groups in total. The van der Waals surface area contributed by atoms with Crippen LogP contribution in [0.1, 0.15) is 23.2 Å². The van der Waals surface area contributed by atoms with Crippen LogP contribution in [-0.4, -0.2) is 27.6 Å².